The Hall–Kier alpha value is -0.680. The van der Waals surface area contributed by atoms with Gasteiger partial charge in [0.15, 0.2) is 0 Å². The third-order valence-electron chi connectivity index (χ3n) is 3.98. The Kier molecular flexibility index (Phi) is 4.03. The normalized spacial score (nSPS) is 17.6. The number of thiophene rings is 2. The first-order valence-corrected chi connectivity index (χ1v) is 8.44. The van der Waals surface area contributed by atoms with Gasteiger partial charge in [0, 0.05) is 23.4 Å². The number of methoxy groups -OCH3 is 1. The average molecular weight is 293 g/mol. The summed E-state index contributed by atoms with van der Waals surface area (Å²) in [5, 5.41) is 8.01. The summed E-state index contributed by atoms with van der Waals surface area (Å²) >= 11 is 3.63. The predicted molar refractivity (Wildman–Crippen MR) is 82.1 cm³/mol. The topological polar surface area (TPSA) is 21.3 Å². The molecule has 4 heteroatoms. The third kappa shape index (κ3) is 2.77. The largest absolute Gasteiger partial charge is 0.377 e. The van der Waals surface area contributed by atoms with Gasteiger partial charge in [0.25, 0.3) is 0 Å². The lowest BCUT2D eigenvalue weighted by molar-refractivity contribution is -0.0702. The summed E-state index contributed by atoms with van der Waals surface area (Å²) in [5.41, 5.74) is 0.0762. The van der Waals surface area contributed by atoms with Crippen LogP contribution in [0.25, 0.3) is 0 Å². The van der Waals surface area contributed by atoms with Crippen LogP contribution in [0.2, 0.25) is 0 Å². The van der Waals surface area contributed by atoms with Gasteiger partial charge in [0.05, 0.1) is 11.6 Å². The smallest absolute Gasteiger partial charge is 0.0802 e. The molecule has 1 N–H and O–H groups in total. The van der Waals surface area contributed by atoms with E-state index in [9.17, 15) is 0 Å². The maximum absolute atomic E-state index is 5.70. The van der Waals surface area contributed by atoms with Crippen molar-refractivity contribution in [2.24, 2.45) is 0 Å². The number of hydrogen-bond acceptors (Lipinski definition) is 4. The van der Waals surface area contributed by atoms with E-state index in [1.54, 1.807) is 0 Å². The van der Waals surface area contributed by atoms with Gasteiger partial charge in [-0.05, 0) is 42.2 Å². The lowest BCUT2D eigenvalue weighted by Crippen LogP contribution is -2.48. The molecule has 2 aromatic heterocycles. The Balaban J connectivity index is 1.73. The molecule has 2 aromatic rings. The fraction of sp³-hybridized carbons (Fsp3) is 0.467. The molecule has 0 amide bonds. The van der Waals surface area contributed by atoms with Gasteiger partial charge in [-0.2, -0.15) is 0 Å². The third-order valence-corrected chi connectivity index (χ3v) is 5.86. The monoisotopic (exact) mass is 293 g/mol. The van der Waals surface area contributed by atoms with Gasteiger partial charge in [-0.3, -0.25) is 0 Å². The molecule has 1 aliphatic carbocycles. The first-order chi connectivity index (χ1) is 9.33. The molecule has 0 spiro atoms. The highest BCUT2D eigenvalue weighted by Crippen LogP contribution is 2.36. The minimum absolute atomic E-state index is 0.0762. The van der Waals surface area contributed by atoms with Crippen LogP contribution in [0.3, 0.4) is 0 Å². The highest BCUT2D eigenvalue weighted by atomic mass is 32.1. The molecule has 1 saturated carbocycles. The Morgan fingerprint density at radius 1 is 1.21 bits per heavy atom. The van der Waals surface area contributed by atoms with Crippen molar-refractivity contribution in [2.45, 2.75) is 30.9 Å². The van der Waals surface area contributed by atoms with Crippen LogP contribution < -0.4 is 5.32 Å². The van der Waals surface area contributed by atoms with Crippen molar-refractivity contribution in [3.05, 3.63) is 44.8 Å². The number of rotatable bonds is 6. The summed E-state index contributed by atoms with van der Waals surface area (Å²) in [6.45, 7) is 0.934. The van der Waals surface area contributed by atoms with E-state index in [1.165, 1.54) is 29.0 Å². The molecular weight excluding hydrogens is 274 g/mol. The van der Waals surface area contributed by atoms with Crippen molar-refractivity contribution in [1.82, 2.24) is 5.32 Å². The zero-order chi connectivity index (χ0) is 13.1. The van der Waals surface area contributed by atoms with Crippen LogP contribution in [0.4, 0.5) is 0 Å². The minimum atomic E-state index is 0.0762. The predicted octanol–water partition coefficient (Wildman–Crippen LogP) is 4.06. The zero-order valence-electron chi connectivity index (χ0n) is 11.1. The van der Waals surface area contributed by atoms with Gasteiger partial charge >= 0.3 is 0 Å². The summed E-state index contributed by atoms with van der Waals surface area (Å²) in [6, 6.07) is 8.98. The molecule has 19 heavy (non-hydrogen) atoms. The molecule has 0 bridgehead atoms. The summed E-state index contributed by atoms with van der Waals surface area (Å²) in [6.07, 6.45) is 3.65. The van der Waals surface area contributed by atoms with E-state index in [-0.39, 0.29) is 5.60 Å². The van der Waals surface area contributed by atoms with Crippen molar-refractivity contribution in [3.8, 4) is 0 Å². The standard InChI is InChI=1S/C15H19NOS2/c1-17-15(7-4-8-15)11-16-14(12-5-2-9-18-12)13-6-3-10-19-13/h2-3,5-6,9-10,14,16H,4,7-8,11H2,1H3. The zero-order valence-corrected chi connectivity index (χ0v) is 12.7. The molecule has 3 rings (SSSR count). The van der Waals surface area contributed by atoms with Crippen LogP contribution >= 0.6 is 22.7 Å². The van der Waals surface area contributed by atoms with Crippen LogP contribution in [0.15, 0.2) is 35.0 Å². The van der Waals surface area contributed by atoms with E-state index >= 15 is 0 Å². The van der Waals surface area contributed by atoms with E-state index < -0.39 is 0 Å². The Morgan fingerprint density at radius 3 is 2.21 bits per heavy atom. The molecule has 2 heterocycles. The Bertz CT molecular complexity index is 448. The highest BCUT2D eigenvalue weighted by Gasteiger charge is 2.37. The summed E-state index contributed by atoms with van der Waals surface area (Å²) in [4.78, 5) is 2.76. The van der Waals surface area contributed by atoms with E-state index in [4.69, 9.17) is 4.74 Å². The van der Waals surface area contributed by atoms with E-state index in [0.717, 1.165) is 6.54 Å². The molecule has 0 unspecified atom stereocenters. The highest BCUT2D eigenvalue weighted by molar-refractivity contribution is 7.11. The van der Waals surface area contributed by atoms with Crippen molar-refractivity contribution < 1.29 is 4.74 Å². The van der Waals surface area contributed by atoms with Crippen LogP contribution in [0.5, 0.6) is 0 Å². The summed E-state index contributed by atoms with van der Waals surface area (Å²) < 4.78 is 5.70. The van der Waals surface area contributed by atoms with Crippen molar-refractivity contribution in [2.75, 3.05) is 13.7 Å². The quantitative estimate of drug-likeness (QED) is 0.867. The number of ether oxygens (including phenoxy) is 1. The molecular formula is C15H19NOS2. The maximum Gasteiger partial charge on any atom is 0.0802 e. The van der Waals surface area contributed by atoms with Crippen molar-refractivity contribution in [3.63, 3.8) is 0 Å². The number of nitrogens with one attached hydrogen (secondary N) is 1. The number of hydrogen-bond donors (Lipinski definition) is 1. The second kappa shape index (κ2) is 5.75. The average Bonchev–Trinajstić information content (AvgIpc) is 3.05. The Morgan fingerprint density at radius 2 is 1.84 bits per heavy atom. The maximum atomic E-state index is 5.70. The van der Waals surface area contributed by atoms with Gasteiger partial charge in [-0.1, -0.05) is 12.1 Å². The van der Waals surface area contributed by atoms with Crippen LogP contribution in [0.1, 0.15) is 35.1 Å². The summed E-state index contributed by atoms with van der Waals surface area (Å²) in [5.74, 6) is 0. The van der Waals surface area contributed by atoms with Crippen LogP contribution in [-0.4, -0.2) is 19.3 Å². The molecule has 1 aliphatic rings. The molecule has 0 atom stereocenters. The van der Waals surface area contributed by atoms with E-state index in [0.29, 0.717) is 6.04 Å². The molecule has 0 aliphatic heterocycles. The van der Waals surface area contributed by atoms with Gasteiger partial charge < -0.3 is 10.1 Å². The molecule has 0 aromatic carbocycles. The molecule has 0 radical (unpaired) electrons. The summed E-state index contributed by atoms with van der Waals surface area (Å²) in [7, 11) is 1.84. The van der Waals surface area contributed by atoms with Gasteiger partial charge in [0.2, 0.25) is 0 Å². The Labute approximate surface area is 122 Å². The van der Waals surface area contributed by atoms with Gasteiger partial charge in [-0.15, -0.1) is 22.7 Å². The first kappa shape index (κ1) is 13.3. The molecule has 102 valence electrons. The molecule has 0 saturated heterocycles. The molecule has 1 fully saturated rings. The molecule has 2 nitrogen and oxygen atoms in total. The lowest BCUT2D eigenvalue weighted by atomic mass is 9.80. The second-order valence-electron chi connectivity index (χ2n) is 5.09. The van der Waals surface area contributed by atoms with Gasteiger partial charge in [-0.25, -0.2) is 0 Å². The van der Waals surface area contributed by atoms with Crippen LogP contribution in [0, 0.1) is 0 Å². The SMILES string of the molecule is COC1(CNC(c2cccs2)c2cccs2)CCC1. The van der Waals surface area contributed by atoms with Crippen molar-refractivity contribution >= 4 is 22.7 Å². The van der Waals surface area contributed by atoms with Crippen LogP contribution in [-0.2, 0) is 4.74 Å². The fourth-order valence-corrected chi connectivity index (χ4v) is 4.27. The second-order valence-corrected chi connectivity index (χ2v) is 7.04. The minimum Gasteiger partial charge on any atom is -0.377 e. The first-order valence-electron chi connectivity index (χ1n) is 6.68. The van der Waals surface area contributed by atoms with E-state index in [1.807, 2.05) is 29.8 Å². The van der Waals surface area contributed by atoms with Crippen molar-refractivity contribution in [1.29, 1.82) is 0 Å². The van der Waals surface area contributed by atoms with Gasteiger partial charge in [0.1, 0.15) is 0 Å². The lowest BCUT2D eigenvalue weighted by Gasteiger charge is -2.41. The van der Waals surface area contributed by atoms with E-state index in [2.05, 4.69) is 40.3 Å². The fourth-order valence-electron chi connectivity index (χ4n) is 2.56.